The first kappa shape index (κ1) is 17.8. The fourth-order valence-corrected chi connectivity index (χ4v) is 2.16. The number of hydrogen-bond donors (Lipinski definition) is 5. The number of nitrogens with two attached hydrogens (primary N) is 2. The minimum Gasteiger partial charge on any atom is -0.393 e. The highest BCUT2D eigenvalue weighted by Gasteiger charge is 2.12. The van der Waals surface area contributed by atoms with Crippen molar-refractivity contribution < 1.29 is 10.2 Å². The van der Waals surface area contributed by atoms with Gasteiger partial charge < -0.3 is 15.9 Å². The van der Waals surface area contributed by atoms with E-state index in [0.29, 0.717) is 12.5 Å². The van der Waals surface area contributed by atoms with Crippen LogP contribution in [0.4, 0.5) is 0 Å². The molecule has 0 heterocycles. The topological polar surface area (TPSA) is 105 Å². The molecule has 3 unspecified atom stereocenters. The lowest BCUT2D eigenvalue weighted by Crippen LogP contribution is -2.26. The van der Waals surface area contributed by atoms with E-state index in [0.717, 1.165) is 51.5 Å². The zero-order valence-electron chi connectivity index (χ0n) is 11.6. The third kappa shape index (κ3) is 9.79. The summed E-state index contributed by atoms with van der Waals surface area (Å²) < 4.78 is 0. The van der Waals surface area contributed by atoms with Crippen LogP contribution in [0.5, 0.6) is 0 Å². The third-order valence-electron chi connectivity index (χ3n) is 3.48. The van der Waals surface area contributed by atoms with Crippen LogP contribution >= 0.6 is 0 Å². The Bertz CT molecular complexity index is 182. The molecule has 0 aliphatic heterocycles. The molecule has 5 nitrogen and oxygen atoms in total. The molecular formula is C13H31N3O2. The van der Waals surface area contributed by atoms with Crippen molar-refractivity contribution in [3.05, 3.63) is 0 Å². The van der Waals surface area contributed by atoms with Crippen LogP contribution in [-0.4, -0.2) is 35.5 Å². The summed E-state index contributed by atoms with van der Waals surface area (Å²) in [5.74, 6) is 5.79. The molecule has 110 valence electrons. The summed E-state index contributed by atoms with van der Waals surface area (Å²) in [6, 6.07) is 0. The van der Waals surface area contributed by atoms with Crippen molar-refractivity contribution in [3.8, 4) is 0 Å². The number of unbranched alkanes of at least 4 members (excludes halogenated alkanes) is 1. The van der Waals surface area contributed by atoms with Gasteiger partial charge in [0.05, 0.1) is 12.2 Å². The SMILES string of the molecule is CCC(CCNN)CC(O)CCCCC(O)CN. The number of aliphatic hydroxyl groups excluding tert-OH is 2. The Labute approximate surface area is 111 Å². The Kier molecular flexibility index (Phi) is 11.7. The summed E-state index contributed by atoms with van der Waals surface area (Å²) in [4.78, 5) is 0. The van der Waals surface area contributed by atoms with E-state index < -0.39 is 0 Å². The van der Waals surface area contributed by atoms with E-state index in [-0.39, 0.29) is 12.2 Å². The molecular weight excluding hydrogens is 230 g/mol. The minimum absolute atomic E-state index is 0.234. The molecule has 0 fully saturated rings. The predicted molar refractivity (Wildman–Crippen MR) is 74.7 cm³/mol. The molecule has 0 saturated carbocycles. The molecule has 0 saturated heterocycles. The lowest BCUT2D eigenvalue weighted by atomic mass is 9.93. The maximum absolute atomic E-state index is 9.93. The summed E-state index contributed by atoms with van der Waals surface area (Å²) in [6.07, 6.45) is 5.73. The molecule has 7 N–H and O–H groups in total. The summed E-state index contributed by atoms with van der Waals surface area (Å²) in [5, 5.41) is 19.2. The quantitative estimate of drug-likeness (QED) is 0.200. The van der Waals surface area contributed by atoms with E-state index in [9.17, 15) is 10.2 Å². The lowest BCUT2D eigenvalue weighted by Gasteiger charge is -2.19. The highest BCUT2D eigenvalue weighted by atomic mass is 16.3. The monoisotopic (exact) mass is 261 g/mol. The Hall–Kier alpha value is -0.200. The van der Waals surface area contributed by atoms with Crippen LogP contribution < -0.4 is 17.0 Å². The van der Waals surface area contributed by atoms with Crippen molar-refractivity contribution >= 4 is 0 Å². The zero-order valence-corrected chi connectivity index (χ0v) is 11.6. The van der Waals surface area contributed by atoms with Crippen molar-refractivity contribution in [1.29, 1.82) is 0 Å². The van der Waals surface area contributed by atoms with Crippen molar-refractivity contribution in [3.63, 3.8) is 0 Å². The van der Waals surface area contributed by atoms with Gasteiger partial charge in [0.25, 0.3) is 0 Å². The number of nitrogens with one attached hydrogen (secondary N) is 1. The molecule has 0 radical (unpaired) electrons. The first-order valence-corrected chi connectivity index (χ1v) is 7.13. The van der Waals surface area contributed by atoms with Gasteiger partial charge in [0.15, 0.2) is 0 Å². The second kappa shape index (κ2) is 11.9. The molecule has 5 heteroatoms. The molecule has 18 heavy (non-hydrogen) atoms. The molecule has 0 aromatic heterocycles. The van der Waals surface area contributed by atoms with E-state index in [2.05, 4.69) is 12.3 Å². The van der Waals surface area contributed by atoms with E-state index in [4.69, 9.17) is 11.6 Å². The summed E-state index contributed by atoms with van der Waals surface area (Å²) in [5.41, 5.74) is 7.98. The van der Waals surface area contributed by atoms with Crippen LogP contribution in [0.2, 0.25) is 0 Å². The van der Waals surface area contributed by atoms with Gasteiger partial charge in [-0.1, -0.05) is 26.2 Å². The average molecular weight is 261 g/mol. The van der Waals surface area contributed by atoms with Crippen molar-refractivity contribution in [2.45, 2.75) is 64.1 Å². The Morgan fingerprint density at radius 3 is 2.17 bits per heavy atom. The van der Waals surface area contributed by atoms with E-state index in [1.807, 2.05) is 0 Å². The van der Waals surface area contributed by atoms with Gasteiger partial charge in [-0.15, -0.1) is 0 Å². The van der Waals surface area contributed by atoms with E-state index >= 15 is 0 Å². The normalized spacial score (nSPS) is 16.5. The van der Waals surface area contributed by atoms with E-state index in [1.54, 1.807) is 0 Å². The first-order chi connectivity index (χ1) is 8.63. The molecule has 0 bridgehead atoms. The number of hydrogen-bond acceptors (Lipinski definition) is 5. The number of rotatable bonds is 12. The first-order valence-electron chi connectivity index (χ1n) is 7.13. The fourth-order valence-electron chi connectivity index (χ4n) is 2.16. The van der Waals surface area contributed by atoms with Crippen LogP contribution in [0.3, 0.4) is 0 Å². The van der Waals surface area contributed by atoms with Gasteiger partial charge in [-0.2, -0.15) is 0 Å². The second-order valence-corrected chi connectivity index (χ2v) is 5.08. The highest BCUT2D eigenvalue weighted by Crippen LogP contribution is 2.18. The van der Waals surface area contributed by atoms with Crippen LogP contribution in [0, 0.1) is 5.92 Å². The molecule has 0 aliphatic rings. The largest absolute Gasteiger partial charge is 0.393 e. The Balaban J connectivity index is 3.58. The average Bonchev–Trinajstić information content (AvgIpc) is 2.39. The van der Waals surface area contributed by atoms with Gasteiger partial charge in [0.1, 0.15) is 0 Å². The molecule has 0 aromatic carbocycles. The Morgan fingerprint density at radius 1 is 1.06 bits per heavy atom. The van der Waals surface area contributed by atoms with Gasteiger partial charge in [-0.3, -0.25) is 11.3 Å². The molecule has 0 spiro atoms. The van der Waals surface area contributed by atoms with Crippen molar-refractivity contribution in [2.24, 2.45) is 17.5 Å². The van der Waals surface area contributed by atoms with Gasteiger partial charge in [-0.05, 0) is 31.6 Å². The lowest BCUT2D eigenvalue weighted by molar-refractivity contribution is 0.121. The fraction of sp³-hybridized carbons (Fsp3) is 1.00. The van der Waals surface area contributed by atoms with Gasteiger partial charge >= 0.3 is 0 Å². The van der Waals surface area contributed by atoms with Crippen LogP contribution in [-0.2, 0) is 0 Å². The highest BCUT2D eigenvalue weighted by molar-refractivity contribution is 4.66. The van der Waals surface area contributed by atoms with Crippen LogP contribution in [0.15, 0.2) is 0 Å². The predicted octanol–water partition coefficient (Wildman–Crippen LogP) is 0.497. The van der Waals surface area contributed by atoms with Gasteiger partial charge in [0.2, 0.25) is 0 Å². The summed E-state index contributed by atoms with van der Waals surface area (Å²) in [6.45, 7) is 3.27. The van der Waals surface area contributed by atoms with Crippen molar-refractivity contribution in [1.82, 2.24) is 5.43 Å². The maximum atomic E-state index is 9.93. The molecule has 0 amide bonds. The van der Waals surface area contributed by atoms with Gasteiger partial charge in [-0.25, -0.2) is 0 Å². The standard InChI is InChI=1S/C13H31N3O2/c1-2-11(7-8-16-15)9-12(17)5-3-4-6-13(18)10-14/h11-13,16-18H,2-10,14-15H2,1H3. The number of hydrazine groups is 1. The summed E-state index contributed by atoms with van der Waals surface area (Å²) in [7, 11) is 0. The van der Waals surface area contributed by atoms with E-state index in [1.165, 1.54) is 0 Å². The maximum Gasteiger partial charge on any atom is 0.0662 e. The molecule has 0 aliphatic carbocycles. The molecule has 0 aromatic rings. The van der Waals surface area contributed by atoms with Crippen LogP contribution in [0.25, 0.3) is 0 Å². The third-order valence-corrected chi connectivity index (χ3v) is 3.48. The van der Waals surface area contributed by atoms with Gasteiger partial charge in [0, 0.05) is 13.1 Å². The molecule has 3 atom stereocenters. The Morgan fingerprint density at radius 2 is 1.67 bits per heavy atom. The number of aliphatic hydroxyl groups is 2. The second-order valence-electron chi connectivity index (χ2n) is 5.08. The molecule has 0 rings (SSSR count). The minimum atomic E-state index is -0.388. The summed E-state index contributed by atoms with van der Waals surface area (Å²) >= 11 is 0. The smallest absolute Gasteiger partial charge is 0.0662 e. The zero-order chi connectivity index (χ0) is 13.8. The van der Waals surface area contributed by atoms with Crippen molar-refractivity contribution in [2.75, 3.05) is 13.1 Å². The van der Waals surface area contributed by atoms with Crippen LogP contribution in [0.1, 0.15) is 51.9 Å².